The van der Waals surface area contributed by atoms with E-state index in [2.05, 4.69) is 29.6 Å². The van der Waals surface area contributed by atoms with Crippen molar-refractivity contribution in [2.75, 3.05) is 19.7 Å². The standard InChI is InChI=1S/C11H24N4O/c1-9(2)8-14-11(15-12)13-6-5-10-4-3-7-16-10/h9-10H,3-8,12H2,1-2H3,(H2,13,14,15). The maximum absolute atomic E-state index is 5.54. The third-order valence-corrected chi connectivity index (χ3v) is 2.53. The predicted octanol–water partition coefficient (Wildman–Crippen LogP) is 0.620. The van der Waals surface area contributed by atoms with Crippen LogP contribution in [0.1, 0.15) is 33.1 Å². The zero-order chi connectivity index (χ0) is 11.8. The lowest BCUT2D eigenvalue weighted by Crippen LogP contribution is -2.42. The lowest BCUT2D eigenvalue weighted by Gasteiger charge is -2.12. The summed E-state index contributed by atoms with van der Waals surface area (Å²) in [5, 5.41) is 3.19. The molecule has 1 rings (SSSR count). The minimum absolute atomic E-state index is 0.414. The molecule has 0 bridgehead atoms. The topological polar surface area (TPSA) is 71.7 Å². The van der Waals surface area contributed by atoms with E-state index in [9.17, 15) is 0 Å². The fourth-order valence-corrected chi connectivity index (χ4v) is 1.65. The van der Waals surface area contributed by atoms with E-state index in [4.69, 9.17) is 10.6 Å². The van der Waals surface area contributed by atoms with Crippen LogP contribution in [-0.2, 0) is 4.74 Å². The number of nitrogens with one attached hydrogen (secondary N) is 2. The van der Waals surface area contributed by atoms with E-state index >= 15 is 0 Å². The number of nitrogens with zero attached hydrogens (tertiary/aromatic N) is 1. The lowest BCUT2D eigenvalue weighted by atomic mass is 10.2. The van der Waals surface area contributed by atoms with Gasteiger partial charge in [0, 0.05) is 19.7 Å². The summed E-state index contributed by atoms with van der Waals surface area (Å²) in [7, 11) is 0. The van der Waals surface area contributed by atoms with E-state index in [1.165, 1.54) is 12.8 Å². The minimum Gasteiger partial charge on any atom is -0.378 e. The van der Waals surface area contributed by atoms with Crippen LogP contribution in [-0.4, -0.2) is 31.8 Å². The van der Waals surface area contributed by atoms with Gasteiger partial charge in [0.1, 0.15) is 0 Å². The fraction of sp³-hybridized carbons (Fsp3) is 0.909. The van der Waals surface area contributed by atoms with E-state index in [0.29, 0.717) is 18.0 Å². The molecule has 1 fully saturated rings. The Morgan fingerprint density at radius 3 is 2.94 bits per heavy atom. The SMILES string of the molecule is CC(C)CN=C(NN)NCCC1CCCO1. The molecule has 0 radical (unpaired) electrons. The van der Waals surface area contributed by atoms with Crippen LogP contribution in [0.2, 0.25) is 0 Å². The maximum atomic E-state index is 5.54. The Morgan fingerprint density at radius 2 is 2.38 bits per heavy atom. The van der Waals surface area contributed by atoms with Crippen LogP contribution in [0.5, 0.6) is 0 Å². The number of rotatable bonds is 5. The minimum atomic E-state index is 0.414. The Labute approximate surface area is 97.8 Å². The van der Waals surface area contributed by atoms with Crippen molar-refractivity contribution in [1.29, 1.82) is 0 Å². The third kappa shape index (κ3) is 5.32. The fourth-order valence-electron chi connectivity index (χ4n) is 1.65. The molecule has 0 amide bonds. The Morgan fingerprint density at radius 1 is 1.56 bits per heavy atom. The van der Waals surface area contributed by atoms with Gasteiger partial charge >= 0.3 is 0 Å². The molecule has 0 aromatic carbocycles. The number of nitrogens with two attached hydrogens (primary N) is 1. The largest absolute Gasteiger partial charge is 0.378 e. The first kappa shape index (κ1) is 13.3. The van der Waals surface area contributed by atoms with Gasteiger partial charge in [0.15, 0.2) is 0 Å². The van der Waals surface area contributed by atoms with Gasteiger partial charge in [-0.15, -0.1) is 0 Å². The van der Waals surface area contributed by atoms with Gasteiger partial charge in [-0.05, 0) is 25.2 Å². The van der Waals surface area contributed by atoms with E-state index in [0.717, 1.165) is 26.1 Å². The van der Waals surface area contributed by atoms with Crippen LogP contribution in [0, 0.1) is 5.92 Å². The number of hydrogen-bond acceptors (Lipinski definition) is 3. The Kier molecular flexibility index (Phi) is 6.18. The lowest BCUT2D eigenvalue weighted by molar-refractivity contribution is 0.105. The number of hydrazine groups is 1. The van der Waals surface area contributed by atoms with Crippen molar-refractivity contribution in [2.24, 2.45) is 16.8 Å². The highest BCUT2D eigenvalue weighted by molar-refractivity contribution is 5.79. The first-order chi connectivity index (χ1) is 7.72. The smallest absolute Gasteiger partial charge is 0.205 e. The quantitative estimate of drug-likeness (QED) is 0.279. The molecule has 0 aromatic rings. The first-order valence-corrected chi connectivity index (χ1v) is 6.09. The maximum Gasteiger partial charge on any atom is 0.205 e. The van der Waals surface area contributed by atoms with E-state index < -0.39 is 0 Å². The number of aliphatic imine (C=N–C) groups is 1. The van der Waals surface area contributed by atoms with Gasteiger partial charge < -0.3 is 10.1 Å². The van der Waals surface area contributed by atoms with Gasteiger partial charge in [-0.1, -0.05) is 13.8 Å². The Hall–Kier alpha value is -0.810. The van der Waals surface area contributed by atoms with Crippen LogP contribution in [0.3, 0.4) is 0 Å². The molecule has 0 aromatic heterocycles. The zero-order valence-corrected chi connectivity index (χ0v) is 10.3. The molecule has 4 N–H and O–H groups in total. The second-order valence-corrected chi connectivity index (χ2v) is 4.58. The molecule has 1 atom stereocenters. The highest BCUT2D eigenvalue weighted by Gasteiger charge is 2.14. The normalized spacial score (nSPS) is 21.5. The number of guanidine groups is 1. The number of ether oxygens (including phenoxy) is 1. The third-order valence-electron chi connectivity index (χ3n) is 2.53. The molecule has 0 aliphatic carbocycles. The monoisotopic (exact) mass is 228 g/mol. The Bertz CT molecular complexity index is 212. The molecule has 1 heterocycles. The summed E-state index contributed by atoms with van der Waals surface area (Å²) in [4.78, 5) is 4.33. The molecule has 1 aliphatic heterocycles. The zero-order valence-electron chi connectivity index (χ0n) is 10.3. The van der Waals surface area contributed by atoms with Gasteiger partial charge in [-0.25, -0.2) is 5.84 Å². The summed E-state index contributed by atoms with van der Waals surface area (Å²) in [6.07, 6.45) is 3.80. The summed E-state index contributed by atoms with van der Waals surface area (Å²) in [6, 6.07) is 0. The second kappa shape index (κ2) is 7.46. The highest BCUT2D eigenvalue weighted by Crippen LogP contribution is 2.14. The van der Waals surface area contributed by atoms with Gasteiger partial charge in [0.25, 0.3) is 0 Å². The van der Waals surface area contributed by atoms with Crippen molar-refractivity contribution in [1.82, 2.24) is 10.7 Å². The summed E-state index contributed by atoms with van der Waals surface area (Å²) < 4.78 is 5.54. The van der Waals surface area contributed by atoms with Gasteiger partial charge in [-0.2, -0.15) is 0 Å². The summed E-state index contributed by atoms with van der Waals surface area (Å²) in [6.45, 7) is 6.81. The molecule has 1 saturated heterocycles. The predicted molar refractivity (Wildman–Crippen MR) is 66.1 cm³/mol. The summed E-state index contributed by atoms with van der Waals surface area (Å²) in [5.74, 6) is 6.60. The average molecular weight is 228 g/mol. The van der Waals surface area contributed by atoms with E-state index in [1.54, 1.807) is 0 Å². The van der Waals surface area contributed by atoms with Crippen LogP contribution in [0.15, 0.2) is 4.99 Å². The molecule has 1 unspecified atom stereocenters. The van der Waals surface area contributed by atoms with E-state index in [1.807, 2.05) is 0 Å². The van der Waals surface area contributed by atoms with E-state index in [-0.39, 0.29) is 0 Å². The molecular weight excluding hydrogens is 204 g/mol. The van der Waals surface area contributed by atoms with Crippen molar-refractivity contribution in [3.8, 4) is 0 Å². The molecule has 5 nitrogen and oxygen atoms in total. The van der Waals surface area contributed by atoms with Crippen molar-refractivity contribution in [2.45, 2.75) is 39.2 Å². The highest BCUT2D eigenvalue weighted by atomic mass is 16.5. The van der Waals surface area contributed by atoms with Crippen molar-refractivity contribution in [3.05, 3.63) is 0 Å². The molecule has 94 valence electrons. The van der Waals surface area contributed by atoms with Crippen LogP contribution >= 0.6 is 0 Å². The van der Waals surface area contributed by atoms with Gasteiger partial charge in [0.05, 0.1) is 6.10 Å². The van der Waals surface area contributed by atoms with Crippen molar-refractivity contribution < 1.29 is 4.74 Å². The summed E-state index contributed by atoms with van der Waals surface area (Å²) >= 11 is 0. The van der Waals surface area contributed by atoms with Crippen LogP contribution in [0.4, 0.5) is 0 Å². The molecule has 1 aliphatic rings. The van der Waals surface area contributed by atoms with Gasteiger partial charge in [0.2, 0.25) is 5.96 Å². The molecule has 0 spiro atoms. The van der Waals surface area contributed by atoms with Crippen molar-refractivity contribution in [3.63, 3.8) is 0 Å². The molecule has 5 heteroatoms. The average Bonchev–Trinajstić information content (AvgIpc) is 2.75. The van der Waals surface area contributed by atoms with Gasteiger partial charge in [-0.3, -0.25) is 10.4 Å². The molecule has 16 heavy (non-hydrogen) atoms. The number of hydrogen-bond donors (Lipinski definition) is 3. The summed E-state index contributed by atoms with van der Waals surface area (Å²) in [5.41, 5.74) is 2.58. The van der Waals surface area contributed by atoms with Crippen LogP contribution in [0.25, 0.3) is 0 Å². The second-order valence-electron chi connectivity index (χ2n) is 4.58. The van der Waals surface area contributed by atoms with Crippen molar-refractivity contribution >= 4 is 5.96 Å². The first-order valence-electron chi connectivity index (χ1n) is 6.09. The van der Waals surface area contributed by atoms with Crippen LogP contribution < -0.4 is 16.6 Å². The Balaban J connectivity index is 2.14. The molecule has 0 saturated carbocycles. The molecular formula is C11H24N4O.